The van der Waals surface area contributed by atoms with Gasteiger partial charge in [0.2, 0.25) is 5.91 Å². The van der Waals surface area contributed by atoms with Gasteiger partial charge in [-0.3, -0.25) is 4.79 Å². The molecule has 0 heterocycles. The van der Waals surface area contributed by atoms with E-state index in [0.717, 1.165) is 5.56 Å². The number of allylic oxidation sites excluding steroid dienone is 1. The van der Waals surface area contributed by atoms with Gasteiger partial charge in [0.05, 0.1) is 4.90 Å². The Kier molecular flexibility index (Phi) is 5.47. The highest BCUT2D eigenvalue weighted by atomic mass is 32.2. The van der Waals surface area contributed by atoms with Crippen LogP contribution in [-0.4, -0.2) is 24.8 Å². The molecule has 0 saturated carbocycles. The van der Waals surface area contributed by atoms with Crippen LogP contribution in [0.3, 0.4) is 0 Å². The second-order valence-corrected chi connectivity index (χ2v) is 6.33. The summed E-state index contributed by atoms with van der Waals surface area (Å²) in [5.41, 5.74) is 3.63. The van der Waals surface area contributed by atoms with Gasteiger partial charge in [0.1, 0.15) is 0 Å². The summed E-state index contributed by atoms with van der Waals surface area (Å²) < 4.78 is 25.6. The minimum Gasteiger partial charge on any atom is -0.273 e. The first-order valence-corrected chi connectivity index (χ1v) is 7.74. The third-order valence-electron chi connectivity index (χ3n) is 2.65. The number of hydrogen-bond acceptors (Lipinski definition) is 4. The number of rotatable bonds is 5. The average molecular weight is 296 g/mol. The normalized spacial score (nSPS) is 13.4. The zero-order chi connectivity index (χ0) is 15.3. The Morgan fingerprint density at radius 1 is 1.30 bits per heavy atom. The molecule has 1 amide bonds. The molecular weight excluding hydrogens is 276 g/mol. The summed E-state index contributed by atoms with van der Waals surface area (Å²) in [6, 6.07) is 6.09. The Bertz CT molecular complexity index is 591. The summed E-state index contributed by atoms with van der Waals surface area (Å²) >= 11 is 0. The number of nitrogens with one attached hydrogen (secondary N) is 1. The Morgan fingerprint density at radius 2 is 1.85 bits per heavy atom. The molecule has 6 heteroatoms. The molecule has 1 aromatic rings. The Balaban J connectivity index is 3.13. The SMILES string of the molecule is C/C=C/C(C)NN(C(C)=O)S(=O)(=O)c1ccc(C)cc1. The van der Waals surface area contributed by atoms with Gasteiger partial charge in [-0.25, -0.2) is 5.43 Å². The van der Waals surface area contributed by atoms with Crippen molar-refractivity contribution in [1.82, 2.24) is 9.84 Å². The molecule has 0 aliphatic heterocycles. The van der Waals surface area contributed by atoms with Gasteiger partial charge >= 0.3 is 0 Å². The maximum atomic E-state index is 12.4. The molecule has 1 unspecified atom stereocenters. The van der Waals surface area contributed by atoms with Crippen LogP contribution in [0.15, 0.2) is 41.3 Å². The standard InChI is InChI=1S/C14H20N2O3S/c1-5-6-12(3)15-16(13(4)17)20(18,19)14-9-7-11(2)8-10-14/h5-10,12,15H,1-4H3/b6-5+. The first-order chi connectivity index (χ1) is 9.28. The van der Waals surface area contributed by atoms with E-state index in [0.29, 0.717) is 4.41 Å². The van der Waals surface area contributed by atoms with Crippen molar-refractivity contribution in [1.29, 1.82) is 0 Å². The second kappa shape index (κ2) is 6.67. The number of carbonyl (C=O) groups is 1. The number of carbonyl (C=O) groups excluding carboxylic acids is 1. The molecule has 0 fully saturated rings. The number of amides is 1. The number of sulfonamides is 1. The number of hydrazine groups is 1. The lowest BCUT2D eigenvalue weighted by atomic mass is 10.2. The van der Waals surface area contributed by atoms with E-state index >= 15 is 0 Å². The molecule has 0 aliphatic rings. The second-order valence-electron chi connectivity index (χ2n) is 4.55. The first-order valence-electron chi connectivity index (χ1n) is 6.30. The van der Waals surface area contributed by atoms with Crippen LogP contribution in [0.1, 0.15) is 26.3 Å². The fraction of sp³-hybridized carbons (Fsp3) is 0.357. The van der Waals surface area contributed by atoms with Crippen molar-refractivity contribution in [3.05, 3.63) is 42.0 Å². The topological polar surface area (TPSA) is 66.5 Å². The molecule has 0 aromatic heterocycles. The maximum absolute atomic E-state index is 12.4. The highest BCUT2D eigenvalue weighted by molar-refractivity contribution is 7.89. The summed E-state index contributed by atoms with van der Waals surface area (Å²) in [6.07, 6.45) is 3.55. The predicted octanol–water partition coefficient (Wildman–Crippen LogP) is 2.00. The molecule has 1 atom stereocenters. The fourth-order valence-corrected chi connectivity index (χ4v) is 3.00. The molecule has 0 aliphatic carbocycles. The minimum absolute atomic E-state index is 0.0819. The van der Waals surface area contributed by atoms with Crippen molar-refractivity contribution in [2.24, 2.45) is 0 Å². The molecule has 20 heavy (non-hydrogen) atoms. The van der Waals surface area contributed by atoms with Crippen LogP contribution in [0.25, 0.3) is 0 Å². The average Bonchev–Trinajstić information content (AvgIpc) is 2.36. The van der Waals surface area contributed by atoms with E-state index in [-0.39, 0.29) is 10.9 Å². The smallest absolute Gasteiger partial charge is 0.273 e. The number of aryl methyl sites for hydroxylation is 1. The monoisotopic (exact) mass is 296 g/mol. The zero-order valence-electron chi connectivity index (χ0n) is 12.1. The van der Waals surface area contributed by atoms with E-state index in [1.54, 1.807) is 31.2 Å². The zero-order valence-corrected chi connectivity index (χ0v) is 12.9. The van der Waals surface area contributed by atoms with Crippen molar-refractivity contribution in [3.63, 3.8) is 0 Å². The van der Waals surface area contributed by atoms with E-state index in [9.17, 15) is 13.2 Å². The van der Waals surface area contributed by atoms with Gasteiger partial charge in [-0.1, -0.05) is 29.8 Å². The number of hydrogen-bond donors (Lipinski definition) is 1. The highest BCUT2D eigenvalue weighted by Gasteiger charge is 2.27. The van der Waals surface area contributed by atoms with Gasteiger partial charge in [-0.05, 0) is 32.9 Å². The van der Waals surface area contributed by atoms with Crippen LogP contribution >= 0.6 is 0 Å². The summed E-state index contributed by atoms with van der Waals surface area (Å²) in [5, 5.41) is 0. The van der Waals surface area contributed by atoms with E-state index in [1.807, 2.05) is 13.8 Å². The van der Waals surface area contributed by atoms with Crippen LogP contribution in [0.2, 0.25) is 0 Å². The number of nitrogens with zero attached hydrogens (tertiary/aromatic N) is 1. The van der Waals surface area contributed by atoms with Crippen LogP contribution in [0, 0.1) is 6.92 Å². The summed E-state index contributed by atoms with van der Waals surface area (Å²) in [7, 11) is -3.89. The van der Waals surface area contributed by atoms with Crippen molar-refractivity contribution >= 4 is 15.9 Å². The van der Waals surface area contributed by atoms with Gasteiger partial charge in [0.25, 0.3) is 10.0 Å². The Morgan fingerprint density at radius 3 is 2.30 bits per heavy atom. The first kappa shape index (κ1) is 16.4. The van der Waals surface area contributed by atoms with Crippen molar-refractivity contribution < 1.29 is 13.2 Å². The largest absolute Gasteiger partial charge is 0.280 e. The van der Waals surface area contributed by atoms with E-state index in [4.69, 9.17) is 0 Å². The summed E-state index contributed by atoms with van der Waals surface area (Å²) in [5.74, 6) is -0.582. The third kappa shape index (κ3) is 3.91. The van der Waals surface area contributed by atoms with Gasteiger partial charge in [-0.15, -0.1) is 0 Å². The van der Waals surface area contributed by atoms with Gasteiger partial charge in [0.15, 0.2) is 0 Å². The van der Waals surface area contributed by atoms with E-state index < -0.39 is 15.9 Å². The van der Waals surface area contributed by atoms with Crippen molar-refractivity contribution in [2.45, 2.75) is 38.6 Å². The molecule has 1 aromatic carbocycles. The van der Waals surface area contributed by atoms with Crippen molar-refractivity contribution in [2.75, 3.05) is 0 Å². The molecule has 1 N–H and O–H groups in total. The van der Waals surface area contributed by atoms with Gasteiger partial charge in [0, 0.05) is 13.0 Å². The fourth-order valence-electron chi connectivity index (χ4n) is 1.66. The minimum atomic E-state index is -3.89. The van der Waals surface area contributed by atoms with Crippen LogP contribution in [0.4, 0.5) is 0 Å². The molecule has 5 nitrogen and oxygen atoms in total. The molecule has 0 spiro atoms. The lowest BCUT2D eigenvalue weighted by molar-refractivity contribution is -0.126. The van der Waals surface area contributed by atoms with E-state index in [1.165, 1.54) is 19.1 Å². The molecule has 0 saturated heterocycles. The Hall–Kier alpha value is -1.66. The molecule has 1 rings (SSSR count). The number of benzene rings is 1. The quantitative estimate of drug-likeness (QED) is 0.666. The molecule has 110 valence electrons. The summed E-state index contributed by atoms with van der Waals surface area (Å²) in [4.78, 5) is 11.7. The van der Waals surface area contributed by atoms with E-state index in [2.05, 4.69) is 5.43 Å². The summed E-state index contributed by atoms with van der Waals surface area (Å²) in [6.45, 7) is 6.66. The van der Waals surface area contributed by atoms with Crippen molar-refractivity contribution in [3.8, 4) is 0 Å². The Labute approximate surface area is 120 Å². The van der Waals surface area contributed by atoms with Gasteiger partial charge < -0.3 is 0 Å². The van der Waals surface area contributed by atoms with Crippen LogP contribution in [-0.2, 0) is 14.8 Å². The van der Waals surface area contributed by atoms with Gasteiger partial charge in [-0.2, -0.15) is 12.8 Å². The molecule has 0 bridgehead atoms. The lowest BCUT2D eigenvalue weighted by Crippen LogP contribution is -2.49. The van der Waals surface area contributed by atoms with Crippen LogP contribution < -0.4 is 5.43 Å². The predicted molar refractivity (Wildman–Crippen MR) is 78.3 cm³/mol. The third-order valence-corrected chi connectivity index (χ3v) is 4.36. The molecular formula is C14H20N2O3S. The maximum Gasteiger partial charge on any atom is 0.280 e. The van der Waals surface area contributed by atoms with Crippen LogP contribution in [0.5, 0.6) is 0 Å². The molecule has 0 radical (unpaired) electrons. The lowest BCUT2D eigenvalue weighted by Gasteiger charge is -2.24. The highest BCUT2D eigenvalue weighted by Crippen LogP contribution is 2.15.